The lowest BCUT2D eigenvalue weighted by atomic mass is 10.0. The molecule has 1 aliphatic rings. The highest BCUT2D eigenvalue weighted by Gasteiger charge is 2.32. The molecule has 1 aliphatic heterocycles. The van der Waals surface area contributed by atoms with Crippen LogP contribution in [0.2, 0.25) is 0 Å². The van der Waals surface area contributed by atoms with E-state index in [9.17, 15) is 28.8 Å². The smallest absolute Gasteiger partial charge is 0.343 e. The molecule has 1 N–H and O–H groups in total. The molecule has 0 aromatic heterocycles. The maximum atomic E-state index is 12.6. The first-order chi connectivity index (χ1) is 21.0. The summed E-state index contributed by atoms with van der Waals surface area (Å²) in [5.74, 6) is -3.23. The van der Waals surface area contributed by atoms with Crippen LogP contribution in [0.15, 0.2) is 54.6 Å². The fourth-order valence-corrected chi connectivity index (χ4v) is 3.83. The van der Waals surface area contributed by atoms with Gasteiger partial charge in [0.25, 0.3) is 5.91 Å². The molecule has 3 amide bonds. The lowest BCUT2D eigenvalue weighted by Crippen LogP contribution is -2.26. The molecule has 0 atom stereocenters. The second-order valence-electron chi connectivity index (χ2n) is 9.43. The van der Waals surface area contributed by atoms with Crippen molar-refractivity contribution in [3.63, 3.8) is 0 Å². The van der Waals surface area contributed by atoms with Crippen LogP contribution in [0.3, 0.4) is 0 Å². The highest BCUT2D eigenvalue weighted by atomic mass is 27.0. The van der Waals surface area contributed by atoms with E-state index < -0.39 is 29.7 Å². The molecule has 3 aromatic rings. The number of nitrogens with one attached hydrogen (secondary N) is 1. The summed E-state index contributed by atoms with van der Waals surface area (Å²) in [5.41, 5.74) is 0.305. The molecule has 44 heavy (non-hydrogen) atoms. The Kier molecular flexibility index (Phi) is 13.7. The van der Waals surface area contributed by atoms with Gasteiger partial charge in [-0.15, -0.1) is 0 Å². The van der Waals surface area contributed by atoms with E-state index in [4.69, 9.17) is 17.5 Å². The van der Waals surface area contributed by atoms with Gasteiger partial charge in [-0.2, -0.15) is 0 Å². The molecule has 3 aromatic carbocycles. The lowest BCUT2D eigenvalue weighted by Gasteiger charge is -2.12. The Bertz CT molecular complexity index is 1570. The molecule has 0 saturated heterocycles. The third-order valence-electron chi connectivity index (χ3n) is 5.94. The Balaban J connectivity index is 0.000000876. The van der Waals surface area contributed by atoms with Gasteiger partial charge < -0.3 is 19.6 Å². The summed E-state index contributed by atoms with van der Waals surface area (Å²) < 4.78 is 11.1. The van der Waals surface area contributed by atoms with Gasteiger partial charge in [0.15, 0.2) is 22.6 Å². The Morgan fingerprint density at radius 2 is 1.41 bits per heavy atom. The number of benzene rings is 3. The molecular weight excluding hydrogens is 578 g/mol. The molecule has 0 spiro atoms. The Hall–Kier alpha value is -4.52. The number of hydrogen-bond donors (Lipinski definition) is 1. The quantitative estimate of drug-likeness (QED) is 0.140. The Morgan fingerprint density at radius 1 is 0.841 bits per heavy atom. The molecule has 1 heterocycles. The van der Waals surface area contributed by atoms with Crippen LogP contribution in [-0.2, 0) is 0 Å². The topological polar surface area (TPSA) is 136 Å². The van der Waals surface area contributed by atoms with E-state index in [2.05, 4.69) is 49.3 Å². The zero-order valence-corrected chi connectivity index (χ0v) is 26.4. The van der Waals surface area contributed by atoms with Gasteiger partial charge in [0, 0.05) is 12.6 Å². The molecule has 0 fully saturated rings. The summed E-state index contributed by atoms with van der Waals surface area (Å²) in [5, 5.41) is 2.40. The van der Waals surface area contributed by atoms with E-state index >= 15 is 0 Å². The van der Waals surface area contributed by atoms with Gasteiger partial charge in [-0.25, -0.2) is 9.59 Å². The maximum absolute atomic E-state index is 12.6. The number of fused-ring (bicyclic) bond motifs is 1. The molecule has 0 bridgehead atoms. The van der Waals surface area contributed by atoms with Crippen molar-refractivity contribution < 1.29 is 38.2 Å². The average Bonchev–Trinajstić information content (AvgIpc) is 3.25. The van der Waals surface area contributed by atoms with Crippen molar-refractivity contribution in [2.45, 2.75) is 47.0 Å². The predicted molar refractivity (Wildman–Crippen MR) is 166 cm³/mol. The second kappa shape index (κ2) is 16.9. The summed E-state index contributed by atoms with van der Waals surface area (Å²) in [6.07, 6.45) is 4.40. The van der Waals surface area contributed by atoms with Crippen LogP contribution in [0, 0.1) is 0 Å². The van der Waals surface area contributed by atoms with E-state index in [0.29, 0.717) is 15.5 Å². The third kappa shape index (κ3) is 8.75. The van der Waals surface area contributed by atoms with E-state index in [1.54, 1.807) is 0 Å². The average molecular weight is 610 g/mol. The van der Waals surface area contributed by atoms with Crippen LogP contribution >= 0.6 is 0 Å². The van der Waals surface area contributed by atoms with Gasteiger partial charge in [0.2, 0.25) is 19.8 Å². The zero-order valence-electron chi connectivity index (χ0n) is 25.3. The molecule has 4 rings (SSSR count). The Morgan fingerprint density at radius 3 is 1.98 bits per heavy atom. The molecule has 4 radical (unpaired) electrons. The minimum atomic E-state index is -0.787. The first-order valence-corrected chi connectivity index (χ1v) is 14.5. The van der Waals surface area contributed by atoms with Crippen molar-refractivity contribution in [3.8, 4) is 11.5 Å². The molecule has 10 nitrogen and oxygen atoms in total. The van der Waals surface area contributed by atoms with Gasteiger partial charge in [-0.3, -0.25) is 19.2 Å². The van der Waals surface area contributed by atoms with Gasteiger partial charge in [0.05, 0.1) is 27.8 Å². The fourth-order valence-electron chi connectivity index (χ4n) is 3.51. The molecule has 12 heteroatoms. The number of imide groups is 1. The SMILES string of the molecule is CCC.CCCC.[B]N1C(=O)c2ccc(C(=O)Oc3ccc(OC(=O)c4ccc(C=O)c(C(=O)NC)c4)[c]([Al])c3)cc2C1=O. The van der Waals surface area contributed by atoms with Crippen molar-refractivity contribution >= 4 is 64.6 Å². The normalized spacial score (nSPS) is 11.2. The van der Waals surface area contributed by atoms with Crippen LogP contribution in [0.5, 0.6) is 11.5 Å². The van der Waals surface area contributed by atoms with Crippen molar-refractivity contribution in [1.29, 1.82) is 0 Å². The summed E-state index contributed by atoms with van der Waals surface area (Å²) in [6.45, 7) is 8.61. The number of nitrogens with zero attached hydrogens (tertiary/aromatic N) is 1. The number of ether oxygens (including phenoxy) is 2. The van der Waals surface area contributed by atoms with Crippen LogP contribution in [0.25, 0.3) is 0 Å². The number of carbonyl (C=O) groups is 6. The standard InChI is InChI=1S/C25H14BN2O8.C4H10.C3H8.Al/c1-27-21(30)19-10-13(2-3-15(19)12-29)24(33)35-16-5-7-17(8-6-16)36-25(34)14-4-9-18-20(11-14)23(32)28(26)22(18)31;1-3-4-2;1-3-2;/h2-5,7-12H,1H3,(H,27,30);3-4H2,1-2H3;3H2,1-2H3;. The molecule has 224 valence electrons. The first kappa shape index (κ1) is 35.7. The van der Waals surface area contributed by atoms with Crippen molar-refractivity contribution in [1.82, 2.24) is 10.1 Å². The monoisotopic (exact) mass is 610 g/mol. The molecular formula is C32H32AlBN2O8. The van der Waals surface area contributed by atoms with Gasteiger partial charge in [0.1, 0.15) is 11.5 Å². The van der Waals surface area contributed by atoms with E-state index in [-0.39, 0.29) is 44.9 Å². The molecule has 0 unspecified atom stereocenters. The maximum Gasteiger partial charge on any atom is 0.343 e. The van der Waals surface area contributed by atoms with Crippen LogP contribution in [0.1, 0.15) is 109 Å². The van der Waals surface area contributed by atoms with Gasteiger partial charge in [-0.1, -0.05) is 57.4 Å². The number of rotatable bonds is 7. The third-order valence-corrected chi connectivity index (χ3v) is 6.39. The van der Waals surface area contributed by atoms with Crippen molar-refractivity contribution in [2.24, 2.45) is 0 Å². The number of aldehydes is 1. The van der Waals surface area contributed by atoms with E-state index in [0.717, 1.165) is 0 Å². The van der Waals surface area contributed by atoms with Crippen LogP contribution in [-0.4, -0.2) is 72.1 Å². The van der Waals surface area contributed by atoms with E-state index in [1.807, 2.05) is 0 Å². The van der Waals surface area contributed by atoms with Crippen LogP contribution in [0.4, 0.5) is 0 Å². The molecule has 0 saturated carbocycles. The summed E-state index contributed by atoms with van der Waals surface area (Å²) in [6, 6.07) is 12.1. The van der Waals surface area contributed by atoms with Gasteiger partial charge in [-0.05, 0) is 48.5 Å². The molecule has 0 aliphatic carbocycles. The van der Waals surface area contributed by atoms with Crippen molar-refractivity contribution in [2.75, 3.05) is 7.05 Å². The highest BCUT2D eigenvalue weighted by molar-refractivity contribution is 6.36. The number of esters is 2. The number of amides is 3. The second-order valence-corrected chi connectivity index (χ2v) is 10.0. The van der Waals surface area contributed by atoms with Crippen LogP contribution < -0.4 is 19.2 Å². The van der Waals surface area contributed by atoms with E-state index in [1.165, 1.54) is 80.9 Å². The summed E-state index contributed by atoms with van der Waals surface area (Å²) in [7, 11) is 6.81. The zero-order chi connectivity index (χ0) is 33.0. The predicted octanol–water partition coefficient (Wildman–Crippen LogP) is 3.99. The summed E-state index contributed by atoms with van der Waals surface area (Å²) in [4.78, 5) is 72.8. The minimum Gasteiger partial charge on any atom is -0.424 e. The van der Waals surface area contributed by atoms with Gasteiger partial charge >= 0.3 is 11.9 Å². The largest absolute Gasteiger partial charge is 0.424 e. The highest BCUT2D eigenvalue weighted by Crippen LogP contribution is 2.24. The summed E-state index contributed by atoms with van der Waals surface area (Å²) >= 11 is 2.35. The minimum absolute atomic E-state index is 0.00306. The number of unbranched alkanes of at least 4 members (excludes halogenated alkanes) is 1. The number of carbonyl (C=O) groups excluding carboxylic acids is 6. The fraction of sp³-hybridized carbons (Fsp3) is 0.250. The van der Waals surface area contributed by atoms with Crippen molar-refractivity contribution in [3.05, 3.63) is 88.0 Å². The number of hydrogen-bond acceptors (Lipinski definition) is 8. The Labute approximate surface area is 266 Å². The lowest BCUT2D eigenvalue weighted by molar-refractivity contribution is 0.0720. The first-order valence-electron chi connectivity index (χ1n) is 13.9.